The van der Waals surface area contributed by atoms with Crippen molar-refractivity contribution >= 4 is 5.97 Å². The van der Waals surface area contributed by atoms with E-state index in [1.165, 1.54) is 7.11 Å². The standard InChI is InChI=1S/C11H13N3O2/c1-11(2,10(15)16-3)9-5-4-8(6-7-12)13-14-9/h4-5H,6H2,1-3H3. The first-order valence-electron chi connectivity index (χ1n) is 4.81. The zero-order chi connectivity index (χ0) is 12.2. The van der Waals surface area contributed by atoms with Gasteiger partial charge in [-0.2, -0.15) is 15.5 Å². The number of carbonyl (C=O) groups excluding carboxylic acids is 1. The van der Waals surface area contributed by atoms with E-state index in [0.29, 0.717) is 11.4 Å². The van der Waals surface area contributed by atoms with Crippen LogP contribution < -0.4 is 0 Å². The molecule has 0 spiro atoms. The van der Waals surface area contributed by atoms with Gasteiger partial charge in [0.25, 0.3) is 0 Å². The topological polar surface area (TPSA) is 75.9 Å². The number of aromatic nitrogens is 2. The highest BCUT2D eigenvalue weighted by atomic mass is 16.5. The quantitative estimate of drug-likeness (QED) is 0.708. The van der Waals surface area contributed by atoms with Crippen LogP contribution in [-0.4, -0.2) is 23.3 Å². The second-order valence-corrected chi connectivity index (χ2v) is 3.86. The molecule has 1 aromatic heterocycles. The van der Waals surface area contributed by atoms with E-state index in [1.54, 1.807) is 26.0 Å². The van der Waals surface area contributed by atoms with Crippen molar-refractivity contribution in [2.45, 2.75) is 25.7 Å². The molecule has 1 aromatic rings. The number of rotatable bonds is 3. The zero-order valence-electron chi connectivity index (χ0n) is 9.52. The predicted molar refractivity (Wildman–Crippen MR) is 56.4 cm³/mol. The molecule has 84 valence electrons. The summed E-state index contributed by atoms with van der Waals surface area (Å²) < 4.78 is 4.69. The molecule has 0 saturated carbocycles. The molecule has 0 fully saturated rings. The summed E-state index contributed by atoms with van der Waals surface area (Å²) in [5, 5.41) is 16.3. The second kappa shape index (κ2) is 4.71. The number of hydrogen-bond donors (Lipinski definition) is 0. The Labute approximate surface area is 94.1 Å². The van der Waals surface area contributed by atoms with Crippen LogP contribution in [0.4, 0.5) is 0 Å². The first-order valence-corrected chi connectivity index (χ1v) is 4.81. The molecular formula is C11H13N3O2. The Morgan fingerprint density at radius 1 is 1.50 bits per heavy atom. The maximum atomic E-state index is 11.5. The van der Waals surface area contributed by atoms with E-state index in [0.717, 1.165) is 0 Å². The van der Waals surface area contributed by atoms with Crippen molar-refractivity contribution in [3.63, 3.8) is 0 Å². The lowest BCUT2D eigenvalue weighted by molar-refractivity contribution is -0.146. The van der Waals surface area contributed by atoms with Gasteiger partial charge in [-0.15, -0.1) is 0 Å². The third kappa shape index (κ3) is 2.34. The Bertz CT molecular complexity index is 418. The number of hydrogen-bond acceptors (Lipinski definition) is 5. The molecule has 1 heterocycles. The monoisotopic (exact) mass is 219 g/mol. The van der Waals surface area contributed by atoms with E-state index in [1.807, 2.05) is 6.07 Å². The van der Waals surface area contributed by atoms with Gasteiger partial charge in [-0.05, 0) is 26.0 Å². The van der Waals surface area contributed by atoms with E-state index < -0.39 is 5.41 Å². The molecule has 0 saturated heterocycles. The molecule has 5 nitrogen and oxygen atoms in total. The Morgan fingerprint density at radius 2 is 2.19 bits per heavy atom. The van der Waals surface area contributed by atoms with Crippen LogP contribution in [0.1, 0.15) is 25.2 Å². The summed E-state index contributed by atoms with van der Waals surface area (Å²) in [5.41, 5.74) is 0.292. The van der Waals surface area contributed by atoms with Gasteiger partial charge in [-0.25, -0.2) is 0 Å². The smallest absolute Gasteiger partial charge is 0.317 e. The number of nitrogens with zero attached hydrogens (tertiary/aromatic N) is 3. The molecule has 0 amide bonds. The summed E-state index contributed by atoms with van der Waals surface area (Å²) in [6.45, 7) is 3.43. The SMILES string of the molecule is COC(=O)C(C)(C)c1ccc(CC#N)nn1. The van der Waals surface area contributed by atoms with Crippen LogP contribution in [0.15, 0.2) is 12.1 Å². The Kier molecular flexibility index (Phi) is 3.56. The average Bonchev–Trinajstić information content (AvgIpc) is 2.29. The van der Waals surface area contributed by atoms with Crippen molar-refractivity contribution in [1.82, 2.24) is 10.2 Å². The van der Waals surface area contributed by atoms with Crippen molar-refractivity contribution in [3.05, 3.63) is 23.5 Å². The molecule has 0 aliphatic carbocycles. The van der Waals surface area contributed by atoms with Crippen LogP contribution in [0, 0.1) is 11.3 Å². The Morgan fingerprint density at radius 3 is 2.62 bits per heavy atom. The van der Waals surface area contributed by atoms with Crippen molar-refractivity contribution < 1.29 is 9.53 Å². The van der Waals surface area contributed by atoms with Gasteiger partial charge in [0.05, 0.1) is 31.0 Å². The largest absolute Gasteiger partial charge is 0.468 e. The number of ether oxygens (including phenoxy) is 1. The van der Waals surface area contributed by atoms with Crippen LogP contribution in [0.2, 0.25) is 0 Å². The molecule has 0 aliphatic heterocycles. The summed E-state index contributed by atoms with van der Waals surface area (Å²) in [6.07, 6.45) is 0.214. The van der Waals surface area contributed by atoms with Crippen molar-refractivity contribution in [1.29, 1.82) is 5.26 Å². The molecule has 1 rings (SSSR count). The van der Waals surface area contributed by atoms with Crippen molar-refractivity contribution in [2.75, 3.05) is 7.11 Å². The van der Waals surface area contributed by atoms with Gasteiger partial charge in [-0.1, -0.05) is 0 Å². The molecule has 16 heavy (non-hydrogen) atoms. The third-order valence-electron chi connectivity index (χ3n) is 2.32. The lowest BCUT2D eigenvalue weighted by atomic mass is 9.89. The van der Waals surface area contributed by atoms with E-state index in [-0.39, 0.29) is 12.4 Å². The van der Waals surface area contributed by atoms with Gasteiger partial charge in [-0.3, -0.25) is 4.79 Å². The molecule has 0 aliphatic rings. The van der Waals surface area contributed by atoms with Gasteiger partial charge < -0.3 is 4.74 Å². The highest BCUT2D eigenvalue weighted by Gasteiger charge is 2.32. The summed E-state index contributed by atoms with van der Waals surface area (Å²) in [6, 6.07) is 5.36. The van der Waals surface area contributed by atoms with Crippen LogP contribution in [0.5, 0.6) is 0 Å². The normalized spacial score (nSPS) is 10.6. The lowest BCUT2D eigenvalue weighted by Gasteiger charge is -2.19. The predicted octanol–water partition coefficient (Wildman–Crippen LogP) is 0.993. The third-order valence-corrected chi connectivity index (χ3v) is 2.32. The van der Waals surface area contributed by atoms with Gasteiger partial charge in [0.15, 0.2) is 0 Å². The summed E-state index contributed by atoms with van der Waals surface area (Å²) in [4.78, 5) is 11.5. The minimum absolute atomic E-state index is 0.214. The van der Waals surface area contributed by atoms with E-state index >= 15 is 0 Å². The fourth-order valence-electron chi connectivity index (χ4n) is 1.23. The highest BCUT2D eigenvalue weighted by Crippen LogP contribution is 2.21. The molecule has 0 N–H and O–H groups in total. The van der Waals surface area contributed by atoms with Crippen LogP contribution in [0.25, 0.3) is 0 Å². The molecule has 5 heteroatoms. The Balaban J connectivity index is 2.98. The number of nitriles is 1. The molecular weight excluding hydrogens is 206 g/mol. The van der Waals surface area contributed by atoms with Crippen LogP contribution in [0.3, 0.4) is 0 Å². The minimum Gasteiger partial charge on any atom is -0.468 e. The summed E-state index contributed by atoms with van der Waals surface area (Å²) in [7, 11) is 1.33. The Hall–Kier alpha value is -1.96. The van der Waals surface area contributed by atoms with E-state index in [4.69, 9.17) is 5.26 Å². The first-order chi connectivity index (χ1) is 7.52. The summed E-state index contributed by atoms with van der Waals surface area (Å²) in [5.74, 6) is -0.366. The fourth-order valence-corrected chi connectivity index (χ4v) is 1.23. The van der Waals surface area contributed by atoms with Gasteiger partial charge in [0.2, 0.25) is 0 Å². The number of esters is 1. The van der Waals surface area contributed by atoms with Crippen LogP contribution >= 0.6 is 0 Å². The lowest BCUT2D eigenvalue weighted by Crippen LogP contribution is -2.31. The van der Waals surface area contributed by atoms with Gasteiger partial charge in [0, 0.05) is 0 Å². The maximum absolute atomic E-state index is 11.5. The average molecular weight is 219 g/mol. The minimum atomic E-state index is -0.826. The molecule has 0 bridgehead atoms. The molecule has 0 aromatic carbocycles. The van der Waals surface area contributed by atoms with Crippen LogP contribution in [-0.2, 0) is 21.4 Å². The first kappa shape index (κ1) is 12.1. The number of carbonyl (C=O) groups is 1. The van der Waals surface area contributed by atoms with E-state index in [2.05, 4.69) is 14.9 Å². The van der Waals surface area contributed by atoms with Crippen molar-refractivity contribution in [2.24, 2.45) is 0 Å². The molecule has 0 unspecified atom stereocenters. The van der Waals surface area contributed by atoms with E-state index in [9.17, 15) is 4.79 Å². The summed E-state index contributed by atoms with van der Waals surface area (Å²) >= 11 is 0. The van der Waals surface area contributed by atoms with Gasteiger partial charge >= 0.3 is 5.97 Å². The van der Waals surface area contributed by atoms with Gasteiger partial charge in [0.1, 0.15) is 5.41 Å². The van der Waals surface area contributed by atoms with Crippen molar-refractivity contribution in [3.8, 4) is 6.07 Å². The fraction of sp³-hybridized carbons (Fsp3) is 0.455. The molecule has 0 radical (unpaired) electrons. The number of methoxy groups -OCH3 is 1. The maximum Gasteiger partial charge on any atom is 0.317 e. The second-order valence-electron chi connectivity index (χ2n) is 3.86. The molecule has 0 atom stereocenters. The zero-order valence-corrected chi connectivity index (χ0v) is 9.52. The highest BCUT2D eigenvalue weighted by molar-refractivity contribution is 5.81.